The molecule has 1 heterocycles. The average molecular weight is 350 g/mol. The molecular weight excluding hydrogens is 314 g/mol. The number of hydrogen-bond donors (Lipinski definition) is 3. The van der Waals surface area contributed by atoms with Crippen LogP contribution in [0.3, 0.4) is 0 Å². The van der Waals surface area contributed by atoms with Crippen molar-refractivity contribution in [3.8, 4) is 5.75 Å². The van der Waals surface area contributed by atoms with E-state index in [0.717, 1.165) is 44.9 Å². The number of benzene rings is 1. The van der Waals surface area contributed by atoms with Crippen LogP contribution in [0.25, 0.3) is 0 Å². The number of methoxy groups -OCH3 is 1. The van der Waals surface area contributed by atoms with Crippen molar-refractivity contribution >= 4 is 5.91 Å². The van der Waals surface area contributed by atoms with Crippen molar-refractivity contribution in [3.05, 3.63) is 29.3 Å². The number of hydrogen-bond acceptors (Lipinski definition) is 2. The van der Waals surface area contributed by atoms with Crippen molar-refractivity contribution in [3.63, 3.8) is 0 Å². The van der Waals surface area contributed by atoms with E-state index < -0.39 is 0 Å². The Morgan fingerprint density at radius 2 is 1.84 bits per heavy atom. The minimum Gasteiger partial charge on any atom is -0.496 e. The Bertz CT molecular complexity index is 578. The van der Waals surface area contributed by atoms with E-state index in [2.05, 4.69) is 51.2 Å². The van der Waals surface area contributed by atoms with Crippen LogP contribution in [0, 0.1) is 6.92 Å². The van der Waals surface area contributed by atoms with Gasteiger partial charge in [0.15, 0.2) is 6.54 Å². The van der Waals surface area contributed by atoms with Crippen molar-refractivity contribution in [2.24, 2.45) is 0 Å². The number of quaternary nitrogens is 2. The minimum absolute atomic E-state index is 0.106. The molecule has 1 fully saturated rings. The van der Waals surface area contributed by atoms with Gasteiger partial charge in [0, 0.05) is 11.1 Å². The molecule has 0 unspecified atom stereocenters. The highest BCUT2D eigenvalue weighted by Gasteiger charge is 2.27. The lowest BCUT2D eigenvalue weighted by molar-refractivity contribution is -1.02. The van der Waals surface area contributed by atoms with E-state index in [-0.39, 0.29) is 11.4 Å². The molecule has 5 heteroatoms. The maximum absolute atomic E-state index is 12.2. The first-order chi connectivity index (χ1) is 11.8. The van der Waals surface area contributed by atoms with Crippen molar-refractivity contribution in [1.29, 1.82) is 0 Å². The van der Waals surface area contributed by atoms with Crippen LogP contribution in [0.1, 0.15) is 38.3 Å². The molecule has 0 aliphatic carbocycles. The molecule has 0 radical (unpaired) electrons. The minimum atomic E-state index is -0.106. The van der Waals surface area contributed by atoms with Crippen LogP contribution in [0.2, 0.25) is 0 Å². The van der Waals surface area contributed by atoms with Gasteiger partial charge in [-0.1, -0.05) is 18.6 Å². The van der Waals surface area contributed by atoms with Crippen molar-refractivity contribution in [1.82, 2.24) is 5.32 Å². The van der Waals surface area contributed by atoms with Crippen LogP contribution in [0.4, 0.5) is 0 Å². The molecule has 1 aromatic rings. The first-order valence-corrected chi connectivity index (χ1v) is 9.44. The fourth-order valence-corrected chi connectivity index (χ4v) is 3.36. The fraction of sp³-hybridized carbons (Fsp3) is 0.650. The molecule has 3 N–H and O–H groups in total. The molecule has 140 valence electrons. The lowest BCUT2D eigenvalue weighted by atomic mass is 10.0. The van der Waals surface area contributed by atoms with E-state index in [1.54, 1.807) is 12.0 Å². The summed E-state index contributed by atoms with van der Waals surface area (Å²) in [4.78, 5) is 15.2. The number of nitrogens with one attached hydrogen (secondary N) is 3. The predicted octanol–water partition coefficient (Wildman–Crippen LogP) is -0.408. The topological polar surface area (TPSA) is 47.2 Å². The quantitative estimate of drug-likeness (QED) is 0.627. The standard InChI is InChI=1S/C20H33N3O2/c1-6-20(3,4)21-19(24)15-23-11-9-22(10-12-23)14-17-13-16(2)7-8-18(17)25-5/h7-8,13H,6,9-12,14-15H2,1-5H3,(H,21,24)/p+2. The average Bonchev–Trinajstić information content (AvgIpc) is 2.56. The summed E-state index contributed by atoms with van der Waals surface area (Å²) in [6.45, 7) is 14.2. The Kier molecular flexibility index (Phi) is 6.85. The van der Waals surface area contributed by atoms with Gasteiger partial charge in [-0.25, -0.2) is 0 Å². The van der Waals surface area contributed by atoms with Crippen LogP contribution in [0.15, 0.2) is 18.2 Å². The van der Waals surface area contributed by atoms with E-state index in [9.17, 15) is 4.79 Å². The summed E-state index contributed by atoms with van der Waals surface area (Å²) in [6, 6.07) is 6.38. The number of carbonyl (C=O) groups is 1. The molecule has 0 spiro atoms. The zero-order chi connectivity index (χ0) is 18.4. The highest BCUT2D eigenvalue weighted by Crippen LogP contribution is 2.18. The van der Waals surface area contributed by atoms with Crippen LogP contribution in [-0.4, -0.2) is 51.3 Å². The van der Waals surface area contributed by atoms with Crippen LogP contribution in [0.5, 0.6) is 5.75 Å². The fourth-order valence-electron chi connectivity index (χ4n) is 3.36. The van der Waals surface area contributed by atoms with Gasteiger partial charge in [-0.2, -0.15) is 0 Å². The van der Waals surface area contributed by atoms with Crippen molar-refractivity contribution < 1.29 is 19.3 Å². The zero-order valence-electron chi connectivity index (χ0n) is 16.5. The number of carbonyl (C=O) groups excluding carboxylic acids is 1. The van der Waals surface area contributed by atoms with Gasteiger partial charge in [0.2, 0.25) is 0 Å². The van der Waals surface area contributed by atoms with E-state index >= 15 is 0 Å². The first-order valence-electron chi connectivity index (χ1n) is 9.44. The van der Waals surface area contributed by atoms with Gasteiger partial charge >= 0.3 is 0 Å². The number of rotatable bonds is 7. The SMILES string of the molecule is CCC(C)(C)NC(=O)C[NH+]1CC[NH+](Cc2cc(C)ccc2OC)CC1. The second-order valence-corrected chi connectivity index (χ2v) is 7.95. The normalized spacial score (nSPS) is 21.0. The van der Waals surface area contributed by atoms with Crippen molar-refractivity contribution in [2.45, 2.75) is 46.2 Å². The summed E-state index contributed by atoms with van der Waals surface area (Å²) in [5.74, 6) is 1.15. The second kappa shape index (κ2) is 8.68. The number of aryl methyl sites for hydroxylation is 1. The maximum atomic E-state index is 12.2. The van der Waals surface area contributed by atoms with Crippen LogP contribution >= 0.6 is 0 Å². The lowest BCUT2D eigenvalue weighted by Gasteiger charge is -2.31. The first kappa shape index (κ1) is 19.7. The highest BCUT2D eigenvalue weighted by molar-refractivity contribution is 5.77. The largest absolute Gasteiger partial charge is 0.496 e. The van der Waals surface area contributed by atoms with Gasteiger partial charge in [0.05, 0.1) is 7.11 Å². The van der Waals surface area contributed by atoms with Gasteiger partial charge in [-0.3, -0.25) is 4.79 Å². The Morgan fingerprint density at radius 3 is 2.44 bits per heavy atom. The number of ether oxygens (including phenoxy) is 1. The molecule has 0 bridgehead atoms. The molecule has 25 heavy (non-hydrogen) atoms. The Balaban J connectivity index is 1.82. The summed E-state index contributed by atoms with van der Waals surface area (Å²) in [5.41, 5.74) is 2.45. The summed E-state index contributed by atoms with van der Waals surface area (Å²) in [6.07, 6.45) is 0.949. The van der Waals surface area contributed by atoms with Crippen LogP contribution < -0.4 is 19.9 Å². The van der Waals surface area contributed by atoms with Gasteiger partial charge in [-0.15, -0.1) is 0 Å². The molecule has 5 nitrogen and oxygen atoms in total. The van der Waals surface area contributed by atoms with Crippen LogP contribution in [-0.2, 0) is 11.3 Å². The smallest absolute Gasteiger partial charge is 0.275 e. The lowest BCUT2D eigenvalue weighted by Crippen LogP contribution is -3.28. The Hall–Kier alpha value is -1.59. The van der Waals surface area contributed by atoms with E-state index in [0.29, 0.717) is 6.54 Å². The van der Waals surface area contributed by atoms with Crippen molar-refractivity contribution in [2.75, 3.05) is 39.8 Å². The zero-order valence-corrected chi connectivity index (χ0v) is 16.5. The molecule has 1 aliphatic heterocycles. The third kappa shape index (κ3) is 6.01. The second-order valence-electron chi connectivity index (χ2n) is 7.95. The molecule has 2 rings (SSSR count). The summed E-state index contributed by atoms with van der Waals surface area (Å²) in [7, 11) is 1.74. The van der Waals surface area contributed by atoms with Gasteiger partial charge in [-0.05, 0) is 39.3 Å². The van der Waals surface area contributed by atoms with E-state index in [4.69, 9.17) is 4.74 Å². The molecular formula is C20H35N3O2+2. The number of amides is 1. The molecule has 1 aliphatic rings. The summed E-state index contributed by atoms with van der Waals surface area (Å²) >= 11 is 0. The Morgan fingerprint density at radius 1 is 1.20 bits per heavy atom. The molecule has 1 amide bonds. The van der Waals surface area contributed by atoms with Gasteiger partial charge in [0.25, 0.3) is 5.91 Å². The third-order valence-electron chi connectivity index (χ3n) is 5.31. The molecule has 1 aromatic carbocycles. The summed E-state index contributed by atoms with van der Waals surface area (Å²) < 4.78 is 5.50. The Labute approximate surface area is 152 Å². The van der Waals surface area contributed by atoms with E-state index in [1.165, 1.54) is 16.0 Å². The molecule has 1 saturated heterocycles. The molecule has 0 saturated carbocycles. The van der Waals surface area contributed by atoms with Gasteiger partial charge in [0.1, 0.15) is 38.5 Å². The molecule has 0 atom stereocenters. The third-order valence-corrected chi connectivity index (χ3v) is 5.31. The molecule has 0 aromatic heterocycles. The monoisotopic (exact) mass is 349 g/mol. The maximum Gasteiger partial charge on any atom is 0.275 e. The number of piperazine rings is 1. The highest BCUT2D eigenvalue weighted by atomic mass is 16.5. The predicted molar refractivity (Wildman–Crippen MR) is 100 cm³/mol. The van der Waals surface area contributed by atoms with Gasteiger partial charge < -0.3 is 19.9 Å². The summed E-state index contributed by atoms with van der Waals surface area (Å²) in [5, 5.41) is 3.14. The van der Waals surface area contributed by atoms with E-state index in [1.807, 2.05) is 0 Å².